The first-order valence-electron chi connectivity index (χ1n) is 4.10. The van der Waals surface area contributed by atoms with Crippen LogP contribution in [0.15, 0.2) is 12.2 Å². The fourth-order valence-electron chi connectivity index (χ4n) is 0.716. The van der Waals surface area contributed by atoms with E-state index >= 15 is 0 Å². The van der Waals surface area contributed by atoms with Crippen molar-refractivity contribution in [2.24, 2.45) is 0 Å². The normalized spacial score (nSPS) is 11.0. The minimum atomic E-state index is 1.26. The number of hydrogen-bond donors (Lipinski definition) is 0. The van der Waals surface area contributed by atoms with Crippen LogP contribution in [0.2, 0.25) is 0 Å². The summed E-state index contributed by atoms with van der Waals surface area (Å²) in [5.41, 5.74) is 0. The molecule has 0 nitrogen and oxygen atoms in total. The molecule has 0 saturated heterocycles. The molecule has 0 atom stereocenters. The Bertz CT molecular complexity index is 76.8. The van der Waals surface area contributed by atoms with Gasteiger partial charge in [-0.05, 0) is 37.7 Å². The van der Waals surface area contributed by atoms with Crippen LogP contribution in [0.25, 0.3) is 0 Å². The molecule has 0 unspecified atom stereocenters. The highest BCUT2D eigenvalue weighted by Gasteiger charge is 1.84. The van der Waals surface area contributed by atoms with Gasteiger partial charge in [0.2, 0.25) is 0 Å². The lowest BCUT2D eigenvalue weighted by atomic mass is 10.3. The molecule has 0 fully saturated rings. The predicted molar refractivity (Wildman–Crippen MR) is 51.7 cm³/mol. The van der Waals surface area contributed by atoms with E-state index in [1.54, 1.807) is 0 Å². The Morgan fingerprint density at radius 2 is 2.10 bits per heavy atom. The smallest absolute Gasteiger partial charge is 0.00646 e. The first kappa shape index (κ1) is 10.1. The van der Waals surface area contributed by atoms with Gasteiger partial charge in [0, 0.05) is 0 Å². The van der Waals surface area contributed by atoms with Crippen LogP contribution in [0.4, 0.5) is 0 Å². The van der Waals surface area contributed by atoms with E-state index in [1.165, 1.54) is 30.8 Å². The molecule has 10 heavy (non-hydrogen) atoms. The zero-order valence-corrected chi connectivity index (χ0v) is 7.91. The molecular formula is C9H18S. The summed E-state index contributed by atoms with van der Waals surface area (Å²) in [6.07, 6.45) is 8.29. The number of thioether (sulfide) groups is 1. The minimum Gasteiger partial charge on any atom is -0.162 e. The molecule has 0 aromatic carbocycles. The van der Waals surface area contributed by atoms with Crippen molar-refractivity contribution in [1.82, 2.24) is 0 Å². The van der Waals surface area contributed by atoms with Gasteiger partial charge in [0.1, 0.15) is 0 Å². The van der Waals surface area contributed by atoms with Crippen LogP contribution in [0.3, 0.4) is 0 Å². The van der Waals surface area contributed by atoms with Crippen LogP contribution in [0.5, 0.6) is 0 Å². The van der Waals surface area contributed by atoms with Gasteiger partial charge in [-0.25, -0.2) is 0 Å². The van der Waals surface area contributed by atoms with Crippen LogP contribution >= 0.6 is 11.8 Å². The first-order valence-corrected chi connectivity index (χ1v) is 5.26. The van der Waals surface area contributed by atoms with Gasteiger partial charge in [0.15, 0.2) is 0 Å². The average Bonchev–Trinajstić information content (AvgIpc) is 1.97. The third kappa shape index (κ3) is 8.09. The van der Waals surface area contributed by atoms with Gasteiger partial charge in [-0.3, -0.25) is 0 Å². The zero-order chi connectivity index (χ0) is 7.66. The van der Waals surface area contributed by atoms with E-state index in [-0.39, 0.29) is 0 Å². The molecule has 0 spiro atoms. The first-order chi connectivity index (χ1) is 4.91. The van der Waals surface area contributed by atoms with Gasteiger partial charge in [0.25, 0.3) is 0 Å². The van der Waals surface area contributed by atoms with E-state index < -0.39 is 0 Å². The number of allylic oxidation sites excluding steroid dienone is 2. The molecular weight excluding hydrogens is 140 g/mol. The molecule has 0 bridgehead atoms. The van der Waals surface area contributed by atoms with E-state index in [2.05, 4.69) is 37.8 Å². The maximum absolute atomic E-state index is 2.24. The van der Waals surface area contributed by atoms with Crippen LogP contribution < -0.4 is 0 Å². The van der Waals surface area contributed by atoms with E-state index in [1.807, 2.05) is 0 Å². The Kier molecular flexibility index (Phi) is 9.17. The summed E-state index contributed by atoms with van der Waals surface area (Å²) in [6.45, 7) is 4.32. The second-order valence-electron chi connectivity index (χ2n) is 2.32. The highest BCUT2D eigenvalue weighted by atomic mass is 32.2. The molecule has 0 heterocycles. The third-order valence-electron chi connectivity index (χ3n) is 1.24. The van der Waals surface area contributed by atoms with E-state index in [0.29, 0.717) is 0 Å². The number of unbranched alkanes of at least 4 members (excludes halogenated alkanes) is 1. The molecule has 0 rings (SSSR count). The molecule has 0 aromatic rings. The van der Waals surface area contributed by atoms with Gasteiger partial charge in [0.05, 0.1) is 0 Å². The number of hydrogen-bond acceptors (Lipinski definition) is 1. The fraction of sp³-hybridized carbons (Fsp3) is 0.778. The van der Waals surface area contributed by atoms with E-state index in [9.17, 15) is 0 Å². The molecule has 1 heteroatoms. The molecule has 0 saturated carbocycles. The van der Waals surface area contributed by atoms with Gasteiger partial charge in [-0.2, -0.15) is 11.8 Å². The summed E-state index contributed by atoms with van der Waals surface area (Å²) in [4.78, 5) is 0. The summed E-state index contributed by atoms with van der Waals surface area (Å²) < 4.78 is 0. The van der Waals surface area contributed by atoms with Crippen molar-refractivity contribution < 1.29 is 0 Å². The molecule has 0 radical (unpaired) electrons. The summed E-state index contributed by atoms with van der Waals surface area (Å²) >= 11 is 2.07. The van der Waals surface area contributed by atoms with Crippen LogP contribution in [0.1, 0.15) is 33.1 Å². The standard InChI is InChI=1S/C9H18S/c1-3-5-6-7-9-10-8-4-2/h3,5H,4,6-9H2,1-2H3/b5-3+. The van der Waals surface area contributed by atoms with Crippen molar-refractivity contribution >= 4 is 11.8 Å². The van der Waals surface area contributed by atoms with Crippen molar-refractivity contribution in [3.63, 3.8) is 0 Å². The van der Waals surface area contributed by atoms with Crippen molar-refractivity contribution in [3.05, 3.63) is 12.2 Å². The summed E-state index contributed by atoms with van der Waals surface area (Å²) in [5.74, 6) is 2.66. The fourth-order valence-corrected chi connectivity index (χ4v) is 1.58. The summed E-state index contributed by atoms with van der Waals surface area (Å²) in [6, 6.07) is 0. The largest absolute Gasteiger partial charge is 0.162 e. The Morgan fingerprint density at radius 3 is 2.70 bits per heavy atom. The Morgan fingerprint density at radius 1 is 1.30 bits per heavy atom. The Balaban J connectivity index is 2.77. The summed E-state index contributed by atoms with van der Waals surface area (Å²) in [7, 11) is 0. The average molecular weight is 158 g/mol. The van der Waals surface area contributed by atoms with Gasteiger partial charge in [-0.15, -0.1) is 0 Å². The molecule has 0 N–H and O–H groups in total. The van der Waals surface area contributed by atoms with E-state index in [4.69, 9.17) is 0 Å². The molecule has 0 aromatic heterocycles. The van der Waals surface area contributed by atoms with Gasteiger partial charge in [-0.1, -0.05) is 19.1 Å². The third-order valence-corrected chi connectivity index (χ3v) is 2.52. The lowest BCUT2D eigenvalue weighted by Crippen LogP contribution is -1.80. The highest BCUT2D eigenvalue weighted by Crippen LogP contribution is 2.05. The zero-order valence-electron chi connectivity index (χ0n) is 7.10. The predicted octanol–water partition coefficient (Wildman–Crippen LogP) is 3.49. The monoisotopic (exact) mass is 158 g/mol. The molecule has 0 aliphatic rings. The van der Waals surface area contributed by atoms with Crippen LogP contribution in [-0.4, -0.2) is 11.5 Å². The maximum Gasteiger partial charge on any atom is -0.00646 e. The van der Waals surface area contributed by atoms with Crippen molar-refractivity contribution in [2.45, 2.75) is 33.1 Å². The lowest BCUT2D eigenvalue weighted by Gasteiger charge is -1.95. The second-order valence-corrected chi connectivity index (χ2v) is 3.55. The van der Waals surface area contributed by atoms with Crippen LogP contribution in [0, 0.1) is 0 Å². The highest BCUT2D eigenvalue weighted by molar-refractivity contribution is 7.99. The van der Waals surface area contributed by atoms with Gasteiger partial charge < -0.3 is 0 Å². The van der Waals surface area contributed by atoms with Crippen molar-refractivity contribution in [3.8, 4) is 0 Å². The second kappa shape index (κ2) is 9.09. The maximum atomic E-state index is 2.24. The topological polar surface area (TPSA) is 0 Å². The Hall–Kier alpha value is 0.0900. The Labute approximate surface area is 69.1 Å². The molecule has 0 amide bonds. The molecule has 0 aliphatic heterocycles. The van der Waals surface area contributed by atoms with Crippen molar-refractivity contribution in [1.29, 1.82) is 0 Å². The van der Waals surface area contributed by atoms with Crippen molar-refractivity contribution in [2.75, 3.05) is 11.5 Å². The SMILES string of the molecule is C/C=C/CCCSCCC. The molecule has 60 valence electrons. The van der Waals surface area contributed by atoms with Crippen LogP contribution in [-0.2, 0) is 0 Å². The van der Waals surface area contributed by atoms with Gasteiger partial charge >= 0.3 is 0 Å². The van der Waals surface area contributed by atoms with E-state index in [0.717, 1.165) is 0 Å². The lowest BCUT2D eigenvalue weighted by molar-refractivity contribution is 0.966. The number of rotatable bonds is 6. The molecule has 0 aliphatic carbocycles. The minimum absolute atomic E-state index is 1.26. The quantitative estimate of drug-likeness (QED) is 0.421. The summed E-state index contributed by atoms with van der Waals surface area (Å²) in [5, 5.41) is 0.